The van der Waals surface area contributed by atoms with Crippen LogP contribution in [0.1, 0.15) is 25.0 Å². The molecule has 4 rings (SSSR count). The number of hydrogen-bond acceptors (Lipinski definition) is 5. The van der Waals surface area contributed by atoms with Crippen LogP contribution in [0.5, 0.6) is 5.75 Å². The summed E-state index contributed by atoms with van der Waals surface area (Å²) in [7, 11) is 0. The molecular formula is C22H23N2O3S+. The van der Waals surface area contributed by atoms with Crippen LogP contribution in [0, 0.1) is 6.92 Å². The predicted octanol–water partition coefficient (Wildman–Crippen LogP) is 3.51. The highest BCUT2D eigenvalue weighted by atomic mass is 32.1. The van der Waals surface area contributed by atoms with Crippen LogP contribution < -0.4 is 10.3 Å². The molecule has 2 N–H and O–H groups in total. The fourth-order valence-electron chi connectivity index (χ4n) is 3.52. The number of rotatable bonds is 5. The summed E-state index contributed by atoms with van der Waals surface area (Å²) in [6.45, 7) is 8.71. The number of nitrogens with zero attached hydrogens (tertiary/aromatic N) is 1. The van der Waals surface area contributed by atoms with E-state index in [9.17, 15) is 9.90 Å². The second-order valence-corrected chi connectivity index (χ2v) is 7.99. The standard InChI is InChI=1S/C22H22N2O3S/c1-4-24(5-2)11-15-18(25)10-9-14-19(26)16(12-27-20(14)15)22-23-17-8-6-7-13(3)21(17)28-22/h6-10,12,25H,4-5,11H2,1-3H3/p+1. The van der Waals surface area contributed by atoms with Gasteiger partial charge in [-0.1, -0.05) is 12.1 Å². The van der Waals surface area contributed by atoms with Crippen LogP contribution in [0.15, 0.2) is 45.8 Å². The molecule has 28 heavy (non-hydrogen) atoms. The zero-order chi connectivity index (χ0) is 19.8. The minimum absolute atomic E-state index is 0.117. The first-order chi connectivity index (χ1) is 13.5. The number of phenols is 1. The molecule has 0 aliphatic rings. The summed E-state index contributed by atoms with van der Waals surface area (Å²) in [5, 5.41) is 11.5. The Hall–Kier alpha value is -2.70. The van der Waals surface area contributed by atoms with Crippen LogP contribution in [0.25, 0.3) is 31.8 Å². The molecule has 0 spiro atoms. The summed E-state index contributed by atoms with van der Waals surface area (Å²) < 4.78 is 6.98. The minimum Gasteiger partial charge on any atom is -0.507 e. The Labute approximate surface area is 166 Å². The Morgan fingerprint density at radius 3 is 2.68 bits per heavy atom. The van der Waals surface area contributed by atoms with Crippen molar-refractivity contribution >= 4 is 32.5 Å². The van der Waals surface area contributed by atoms with Gasteiger partial charge >= 0.3 is 0 Å². The monoisotopic (exact) mass is 395 g/mol. The lowest BCUT2D eigenvalue weighted by atomic mass is 10.1. The first-order valence-electron chi connectivity index (χ1n) is 9.49. The van der Waals surface area contributed by atoms with Crippen LogP contribution in [-0.2, 0) is 6.54 Å². The molecule has 2 aromatic heterocycles. The summed E-state index contributed by atoms with van der Waals surface area (Å²) in [4.78, 5) is 19.1. The van der Waals surface area contributed by atoms with Crippen LogP contribution in [-0.4, -0.2) is 23.2 Å². The van der Waals surface area contributed by atoms with E-state index < -0.39 is 0 Å². The largest absolute Gasteiger partial charge is 0.507 e. The van der Waals surface area contributed by atoms with Crippen molar-refractivity contribution in [2.24, 2.45) is 0 Å². The number of nitrogens with one attached hydrogen (secondary N) is 1. The lowest BCUT2D eigenvalue weighted by Crippen LogP contribution is -3.10. The van der Waals surface area contributed by atoms with Crippen molar-refractivity contribution < 1.29 is 14.4 Å². The van der Waals surface area contributed by atoms with Gasteiger partial charge in [-0.25, -0.2) is 4.98 Å². The molecule has 5 nitrogen and oxygen atoms in total. The van der Waals surface area contributed by atoms with Crippen LogP contribution in [0.3, 0.4) is 0 Å². The van der Waals surface area contributed by atoms with E-state index in [0.29, 0.717) is 33.6 Å². The molecule has 0 saturated carbocycles. The molecule has 0 aliphatic carbocycles. The number of phenolic OH excluding ortho intramolecular Hbond substituents is 1. The Bertz CT molecular complexity index is 1220. The van der Waals surface area contributed by atoms with E-state index in [1.54, 1.807) is 12.1 Å². The maximum atomic E-state index is 13.2. The van der Waals surface area contributed by atoms with Gasteiger partial charge in [0.1, 0.15) is 29.1 Å². The molecule has 0 aliphatic heterocycles. The highest BCUT2D eigenvalue weighted by Crippen LogP contribution is 2.32. The smallest absolute Gasteiger partial charge is 0.202 e. The van der Waals surface area contributed by atoms with E-state index in [0.717, 1.165) is 28.9 Å². The average Bonchev–Trinajstić information content (AvgIpc) is 3.13. The molecule has 6 heteroatoms. The van der Waals surface area contributed by atoms with E-state index >= 15 is 0 Å². The van der Waals surface area contributed by atoms with Gasteiger partial charge in [-0.05, 0) is 44.5 Å². The van der Waals surface area contributed by atoms with E-state index in [2.05, 4.69) is 18.8 Å². The van der Waals surface area contributed by atoms with Gasteiger partial charge in [-0.3, -0.25) is 4.79 Å². The lowest BCUT2D eigenvalue weighted by molar-refractivity contribution is -0.910. The molecule has 2 heterocycles. The summed E-state index contributed by atoms with van der Waals surface area (Å²) in [6.07, 6.45) is 1.48. The summed E-state index contributed by atoms with van der Waals surface area (Å²) in [6, 6.07) is 9.18. The molecule has 2 aromatic carbocycles. The van der Waals surface area contributed by atoms with Gasteiger partial charge in [0.25, 0.3) is 0 Å². The maximum absolute atomic E-state index is 13.2. The Morgan fingerprint density at radius 1 is 1.18 bits per heavy atom. The third kappa shape index (κ3) is 3.08. The van der Waals surface area contributed by atoms with Gasteiger partial charge < -0.3 is 14.4 Å². The third-order valence-electron chi connectivity index (χ3n) is 5.29. The molecule has 0 fully saturated rings. The second-order valence-electron chi connectivity index (χ2n) is 6.99. The number of hydrogen-bond donors (Lipinski definition) is 2. The second kappa shape index (κ2) is 7.37. The molecule has 0 amide bonds. The molecular weight excluding hydrogens is 372 g/mol. The van der Waals surface area contributed by atoms with Gasteiger partial charge in [0.15, 0.2) is 0 Å². The number of quaternary nitrogens is 1. The van der Waals surface area contributed by atoms with Crippen molar-refractivity contribution in [2.75, 3.05) is 13.1 Å². The van der Waals surface area contributed by atoms with Crippen molar-refractivity contribution in [3.8, 4) is 16.3 Å². The van der Waals surface area contributed by atoms with Crippen molar-refractivity contribution in [3.05, 3.63) is 57.9 Å². The fraction of sp³-hybridized carbons (Fsp3) is 0.273. The van der Waals surface area contributed by atoms with Crippen LogP contribution >= 0.6 is 11.3 Å². The van der Waals surface area contributed by atoms with Gasteiger partial charge in [0.05, 0.1) is 39.8 Å². The number of benzene rings is 2. The van der Waals surface area contributed by atoms with Gasteiger partial charge in [-0.15, -0.1) is 11.3 Å². The average molecular weight is 396 g/mol. The Balaban J connectivity index is 1.88. The van der Waals surface area contributed by atoms with E-state index in [1.807, 2.05) is 25.1 Å². The Morgan fingerprint density at radius 2 is 1.96 bits per heavy atom. The molecule has 0 unspecified atom stereocenters. The first-order valence-corrected chi connectivity index (χ1v) is 10.3. The van der Waals surface area contributed by atoms with Crippen LogP contribution in [0.2, 0.25) is 0 Å². The number of aromatic hydroxyl groups is 1. The zero-order valence-electron chi connectivity index (χ0n) is 16.2. The van der Waals surface area contributed by atoms with E-state index in [-0.39, 0.29) is 11.2 Å². The van der Waals surface area contributed by atoms with Crippen molar-refractivity contribution in [1.29, 1.82) is 0 Å². The summed E-state index contributed by atoms with van der Waals surface area (Å²) >= 11 is 1.50. The Kier molecular flexibility index (Phi) is 4.91. The molecule has 144 valence electrons. The summed E-state index contributed by atoms with van der Waals surface area (Å²) in [5.74, 6) is 0.165. The van der Waals surface area contributed by atoms with E-state index in [4.69, 9.17) is 4.42 Å². The van der Waals surface area contributed by atoms with Crippen molar-refractivity contribution in [2.45, 2.75) is 27.3 Å². The molecule has 0 bridgehead atoms. The lowest BCUT2D eigenvalue weighted by Gasteiger charge is -2.16. The van der Waals surface area contributed by atoms with E-state index in [1.165, 1.54) is 22.5 Å². The number of thiazole rings is 1. The normalized spacial score (nSPS) is 11.7. The molecule has 4 aromatic rings. The van der Waals surface area contributed by atoms with Crippen molar-refractivity contribution in [1.82, 2.24) is 4.98 Å². The topological polar surface area (TPSA) is 67.8 Å². The minimum atomic E-state index is -0.117. The fourth-order valence-corrected chi connectivity index (χ4v) is 4.55. The molecule has 0 atom stereocenters. The maximum Gasteiger partial charge on any atom is 0.202 e. The first kappa shape index (κ1) is 18.7. The number of fused-ring (bicyclic) bond motifs is 2. The van der Waals surface area contributed by atoms with Crippen molar-refractivity contribution in [3.63, 3.8) is 0 Å². The predicted molar refractivity (Wildman–Crippen MR) is 113 cm³/mol. The van der Waals surface area contributed by atoms with Gasteiger partial charge in [0, 0.05) is 0 Å². The zero-order valence-corrected chi connectivity index (χ0v) is 17.0. The van der Waals surface area contributed by atoms with Gasteiger partial charge in [0.2, 0.25) is 5.43 Å². The highest BCUT2D eigenvalue weighted by Gasteiger charge is 2.19. The summed E-state index contributed by atoms with van der Waals surface area (Å²) in [5.41, 5.74) is 3.51. The number of aryl methyl sites for hydroxylation is 1. The number of aromatic nitrogens is 1. The highest BCUT2D eigenvalue weighted by molar-refractivity contribution is 7.21. The molecule has 0 saturated heterocycles. The molecule has 0 radical (unpaired) electrons. The van der Waals surface area contributed by atoms with Gasteiger partial charge in [-0.2, -0.15) is 0 Å². The quantitative estimate of drug-likeness (QED) is 0.543. The SMILES string of the molecule is CC[NH+](CC)Cc1c(O)ccc2c(=O)c(-c3nc4cccc(C)c4s3)coc12. The third-order valence-corrected chi connectivity index (χ3v) is 6.53. The van der Waals surface area contributed by atoms with Crippen LogP contribution in [0.4, 0.5) is 0 Å².